The first-order chi connectivity index (χ1) is 9.68. The molecule has 1 aliphatic rings. The minimum atomic E-state index is 0.0346. The summed E-state index contributed by atoms with van der Waals surface area (Å²) in [6, 6.07) is 0. The van der Waals surface area contributed by atoms with E-state index in [0.29, 0.717) is 26.2 Å². The van der Waals surface area contributed by atoms with Crippen LogP contribution in [0, 0.1) is 0 Å². The average Bonchev–Trinajstić information content (AvgIpc) is 2.48. The Morgan fingerprint density at radius 1 is 1.35 bits per heavy atom. The number of hydrogen-bond acceptors (Lipinski definition) is 4. The van der Waals surface area contributed by atoms with Crippen molar-refractivity contribution in [3.63, 3.8) is 0 Å². The molecule has 1 fully saturated rings. The highest BCUT2D eigenvalue weighted by molar-refractivity contribution is 5.78. The van der Waals surface area contributed by atoms with Crippen molar-refractivity contribution in [2.75, 3.05) is 39.9 Å². The lowest BCUT2D eigenvalue weighted by atomic mass is 9.80. The molecule has 5 nitrogen and oxygen atoms in total. The lowest BCUT2D eigenvalue weighted by Crippen LogP contribution is -2.57. The van der Waals surface area contributed by atoms with E-state index >= 15 is 0 Å². The van der Waals surface area contributed by atoms with Gasteiger partial charge in [-0.1, -0.05) is 26.2 Å². The summed E-state index contributed by atoms with van der Waals surface area (Å²) in [4.78, 5) is 14.4. The van der Waals surface area contributed by atoms with Crippen LogP contribution in [0.25, 0.3) is 0 Å². The van der Waals surface area contributed by atoms with E-state index in [1.165, 1.54) is 19.3 Å². The fourth-order valence-electron chi connectivity index (χ4n) is 3.13. The first kappa shape index (κ1) is 17.4. The summed E-state index contributed by atoms with van der Waals surface area (Å²) in [5.41, 5.74) is 6.11. The average molecular weight is 285 g/mol. The Kier molecular flexibility index (Phi) is 8.11. The first-order valence-corrected chi connectivity index (χ1v) is 7.89. The molecule has 0 aromatic heterocycles. The van der Waals surface area contributed by atoms with Gasteiger partial charge in [-0.25, -0.2) is 0 Å². The maximum Gasteiger partial charge on any atom is 0.234 e. The van der Waals surface area contributed by atoms with Crippen LogP contribution in [0.2, 0.25) is 0 Å². The summed E-state index contributed by atoms with van der Waals surface area (Å²) in [6.45, 7) is 5.33. The highest BCUT2D eigenvalue weighted by Crippen LogP contribution is 2.32. The molecule has 3 N–H and O–H groups in total. The SMILES string of the molecule is CCCN(CC(=O)NCCOC)C1(CN)CCCCC1. The van der Waals surface area contributed by atoms with Crippen LogP contribution in [0.5, 0.6) is 0 Å². The van der Waals surface area contributed by atoms with Gasteiger partial charge in [0.1, 0.15) is 0 Å². The fraction of sp³-hybridized carbons (Fsp3) is 0.933. The molecule has 1 rings (SSSR count). The number of nitrogens with one attached hydrogen (secondary N) is 1. The maximum atomic E-state index is 12.1. The Bertz CT molecular complexity index is 278. The van der Waals surface area contributed by atoms with Gasteiger partial charge in [0.15, 0.2) is 0 Å². The number of amides is 1. The molecule has 1 saturated carbocycles. The zero-order valence-corrected chi connectivity index (χ0v) is 13.1. The molecule has 0 unspecified atom stereocenters. The van der Waals surface area contributed by atoms with Crippen LogP contribution < -0.4 is 11.1 Å². The smallest absolute Gasteiger partial charge is 0.234 e. The van der Waals surface area contributed by atoms with Gasteiger partial charge in [0.2, 0.25) is 5.91 Å². The molecule has 1 aliphatic carbocycles. The van der Waals surface area contributed by atoms with Gasteiger partial charge in [0, 0.05) is 25.7 Å². The summed E-state index contributed by atoms with van der Waals surface area (Å²) >= 11 is 0. The highest BCUT2D eigenvalue weighted by atomic mass is 16.5. The molecule has 0 atom stereocenters. The van der Waals surface area contributed by atoms with Crippen molar-refractivity contribution in [1.29, 1.82) is 0 Å². The zero-order valence-electron chi connectivity index (χ0n) is 13.1. The number of nitrogens with two attached hydrogens (primary N) is 1. The molecule has 0 saturated heterocycles. The second kappa shape index (κ2) is 9.32. The van der Waals surface area contributed by atoms with Crippen molar-refractivity contribution in [1.82, 2.24) is 10.2 Å². The summed E-state index contributed by atoms with van der Waals surface area (Å²) in [5, 5.41) is 2.91. The van der Waals surface area contributed by atoms with E-state index in [-0.39, 0.29) is 11.4 Å². The number of carbonyl (C=O) groups is 1. The maximum absolute atomic E-state index is 12.1. The normalized spacial score (nSPS) is 18.2. The largest absolute Gasteiger partial charge is 0.383 e. The third-order valence-corrected chi connectivity index (χ3v) is 4.29. The van der Waals surface area contributed by atoms with Crippen LogP contribution in [-0.2, 0) is 9.53 Å². The predicted molar refractivity (Wildman–Crippen MR) is 81.6 cm³/mol. The van der Waals surface area contributed by atoms with Crippen molar-refractivity contribution >= 4 is 5.91 Å². The quantitative estimate of drug-likeness (QED) is 0.623. The van der Waals surface area contributed by atoms with Gasteiger partial charge in [0.05, 0.1) is 13.2 Å². The Morgan fingerprint density at radius 2 is 2.05 bits per heavy atom. The van der Waals surface area contributed by atoms with Crippen LogP contribution in [-0.4, -0.2) is 56.2 Å². The fourth-order valence-corrected chi connectivity index (χ4v) is 3.13. The van der Waals surface area contributed by atoms with Crippen molar-refractivity contribution in [2.45, 2.75) is 51.0 Å². The van der Waals surface area contributed by atoms with E-state index in [9.17, 15) is 4.79 Å². The van der Waals surface area contributed by atoms with E-state index in [2.05, 4.69) is 17.1 Å². The summed E-state index contributed by atoms with van der Waals surface area (Å²) in [5.74, 6) is 0.0777. The Labute approximate surface area is 123 Å². The predicted octanol–water partition coefficient (Wildman–Crippen LogP) is 1.12. The van der Waals surface area contributed by atoms with E-state index in [0.717, 1.165) is 25.8 Å². The molecular weight excluding hydrogens is 254 g/mol. The molecule has 0 aromatic rings. The first-order valence-electron chi connectivity index (χ1n) is 7.89. The monoisotopic (exact) mass is 285 g/mol. The summed E-state index contributed by atoms with van der Waals surface area (Å²) in [7, 11) is 1.64. The zero-order chi connectivity index (χ0) is 14.8. The molecule has 0 heterocycles. The van der Waals surface area contributed by atoms with Crippen LogP contribution in [0.4, 0.5) is 0 Å². The molecule has 1 amide bonds. The molecule has 0 bridgehead atoms. The minimum absolute atomic E-state index is 0.0346. The number of ether oxygens (including phenoxy) is 1. The minimum Gasteiger partial charge on any atom is -0.383 e. The van der Waals surface area contributed by atoms with Gasteiger partial charge in [-0.2, -0.15) is 0 Å². The molecule has 0 aromatic carbocycles. The van der Waals surface area contributed by atoms with Crippen molar-refractivity contribution in [3.05, 3.63) is 0 Å². The second-order valence-corrected chi connectivity index (χ2v) is 5.75. The van der Waals surface area contributed by atoms with Crippen LogP contribution in [0.1, 0.15) is 45.4 Å². The van der Waals surface area contributed by atoms with E-state index < -0.39 is 0 Å². The second-order valence-electron chi connectivity index (χ2n) is 5.75. The van der Waals surface area contributed by atoms with E-state index in [4.69, 9.17) is 10.5 Å². The molecule has 118 valence electrons. The van der Waals surface area contributed by atoms with E-state index in [1.807, 2.05) is 0 Å². The van der Waals surface area contributed by atoms with Crippen LogP contribution >= 0.6 is 0 Å². The van der Waals surface area contributed by atoms with Gasteiger partial charge in [-0.3, -0.25) is 9.69 Å². The molecule has 20 heavy (non-hydrogen) atoms. The lowest BCUT2D eigenvalue weighted by molar-refractivity contribution is -0.124. The van der Waals surface area contributed by atoms with Gasteiger partial charge in [-0.15, -0.1) is 0 Å². The van der Waals surface area contributed by atoms with Crippen LogP contribution in [0.15, 0.2) is 0 Å². The highest BCUT2D eigenvalue weighted by Gasteiger charge is 2.37. The molecule has 0 radical (unpaired) electrons. The van der Waals surface area contributed by atoms with Gasteiger partial charge in [0.25, 0.3) is 0 Å². The Hall–Kier alpha value is -0.650. The number of methoxy groups -OCH3 is 1. The topological polar surface area (TPSA) is 67.6 Å². The molecule has 0 spiro atoms. The standard InChI is InChI=1S/C15H31N3O2/c1-3-10-18(12-14(19)17-9-11-20-2)15(13-16)7-5-4-6-8-15/h3-13,16H2,1-2H3,(H,17,19). The van der Waals surface area contributed by atoms with Gasteiger partial charge in [-0.05, 0) is 25.8 Å². The number of nitrogens with zero attached hydrogens (tertiary/aromatic N) is 1. The summed E-state index contributed by atoms with van der Waals surface area (Å²) < 4.78 is 4.95. The Balaban J connectivity index is 2.59. The van der Waals surface area contributed by atoms with Gasteiger partial charge >= 0.3 is 0 Å². The summed E-state index contributed by atoms with van der Waals surface area (Å²) in [6.07, 6.45) is 7.03. The third kappa shape index (κ3) is 5.04. The van der Waals surface area contributed by atoms with Gasteiger partial charge < -0.3 is 15.8 Å². The van der Waals surface area contributed by atoms with Crippen LogP contribution in [0.3, 0.4) is 0 Å². The van der Waals surface area contributed by atoms with Crippen molar-refractivity contribution in [3.8, 4) is 0 Å². The Morgan fingerprint density at radius 3 is 2.60 bits per heavy atom. The molecular formula is C15H31N3O2. The molecule has 5 heteroatoms. The number of carbonyl (C=O) groups excluding carboxylic acids is 1. The lowest BCUT2D eigenvalue weighted by Gasteiger charge is -2.45. The number of hydrogen-bond donors (Lipinski definition) is 2. The van der Waals surface area contributed by atoms with E-state index in [1.54, 1.807) is 7.11 Å². The van der Waals surface area contributed by atoms with Crippen molar-refractivity contribution < 1.29 is 9.53 Å². The molecule has 0 aliphatic heterocycles. The van der Waals surface area contributed by atoms with Crippen molar-refractivity contribution in [2.24, 2.45) is 5.73 Å². The number of rotatable bonds is 9. The third-order valence-electron chi connectivity index (χ3n) is 4.29.